The molecule has 2 bridgehead atoms. The van der Waals surface area contributed by atoms with E-state index in [-0.39, 0.29) is 6.04 Å². The average molecular weight is 392 g/mol. The first-order valence-electron chi connectivity index (χ1n) is 9.68. The van der Waals surface area contributed by atoms with Crippen LogP contribution in [0.3, 0.4) is 0 Å². The van der Waals surface area contributed by atoms with E-state index in [4.69, 9.17) is 9.47 Å². The summed E-state index contributed by atoms with van der Waals surface area (Å²) in [5.41, 5.74) is 1.34. The van der Waals surface area contributed by atoms with Crippen LogP contribution in [0.1, 0.15) is 62.0 Å². The molecular weight excluding hydrogens is 367 g/mol. The van der Waals surface area contributed by atoms with Crippen molar-refractivity contribution < 1.29 is 27.2 Å². The number of nitrogens with zero attached hydrogens (tertiary/aromatic N) is 1. The summed E-state index contributed by atoms with van der Waals surface area (Å²) in [4.78, 5) is 0. The largest absolute Gasteiger partial charge is 0.416 e. The van der Waals surface area contributed by atoms with Crippen LogP contribution in [-0.2, 0) is 15.7 Å². The molecule has 1 aromatic carbocycles. The average Bonchev–Trinajstić information content (AvgIpc) is 2.63. The molecule has 0 fully saturated rings. The van der Waals surface area contributed by atoms with Gasteiger partial charge in [-0.2, -0.15) is 17.7 Å². The fourth-order valence-electron chi connectivity index (χ4n) is 5.22. The van der Waals surface area contributed by atoms with Gasteiger partial charge in [-0.15, -0.1) is 0 Å². The Morgan fingerprint density at radius 1 is 1.00 bits per heavy atom. The second-order valence-electron chi connectivity index (χ2n) is 7.96. The van der Waals surface area contributed by atoms with Crippen molar-refractivity contribution in [1.82, 2.24) is 0 Å². The lowest BCUT2D eigenvalue weighted by Gasteiger charge is -2.57. The third-order valence-electron chi connectivity index (χ3n) is 6.20. The van der Waals surface area contributed by atoms with Crippen molar-refractivity contribution in [2.45, 2.75) is 51.6 Å². The topological polar surface area (TPSA) is 22.3 Å². The lowest BCUT2D eigenvalue weighted by atomic mass is 9.57. The number of rotatable bonds is 4. The Hall–Kier alpha value is -1.92. The van der Waals surface area contributed by atoms with Gasteiger partial charge in [0, 0.05) is 30.9 Å². The molecule has 1 aromatic heterocycles. The summed E-state index contributed by atoms with van der Waals surface area (Å²) in [6.07, 6.45) is -2.40. The second-order valence-corrected chi connectivity index (χ2v) is 7.96. The molecule has 1 aliphatic carbocycles. The molecule has 3 aliphatic rings. The lowest BCUT2D eigenvalue weighted by molar-refractivity contribution is -0.755. The van der Waals surface area contributed by atoms with E-state index >= 15 is 0 Å². The smallest absolute Gasteiger partial charge is 0.348 e. The van der Waals surface area contributed by atoms with Gasteiger partial charge in [-0.25, -0.2) is 0 Å². The molecule has 5 rings (SSSR count). The maximum absolute atomic E-state index is 13.5. The van der Waals surface area contributed by atoms with E-state index in [1.54, 1.807) is 6.07 Å². The summed E-state index contributed by atoms with van der Waals surface area (Å²) in [7, 11) is 0. The van der Waals surface area contributed by atoms with Gasteiger partial charge in [-0.05, 0) is 45.4 Å². The molecule has 0 saturated carbocycles. The molecular formula is C22H25F3NO2+. The Morgan fingerprint density at radius 2 is 1.68 bits per heavy atom. The summed E-state index contributed by atoms with van der Waals surface area (Å²) in [6, 6.07) is 9.73. The van der Waals surface area contributed by atoms with Gasteiger partial charge < -0.3 is 9.47 Å². The van der Waals surface area contributed by atoms with Gasteiger partial charge in [0.05, 0.1) is 11.0 Å². The molecule has 28 heavy (non-hydrogen) atoms. The fraction of sp³-hybridized carbons (Fsp3) is 0.500. The summed E-state index contributed by atoms with van der Waals surface area (Å²) >= 11 is 0. The minimum Gasteiger partial charge on any atom is -0.348 e. The van der Waals surface area contributed by atoms with Crippen LogP contribution in [0.5, 0.6) is 0 Å². The van der Waals surface area contributed by atoms with Gasteiger partial charge in [0.2, 0.25) is 0 Å². The number of aromatic nitrogens is 1. The summed E-state index contributed by atoms with van der Waals surface area (Å²) in [5, 5.41) is 0. The molecule has 0 N–H and O–H groups in total. The Kier molecular flexibility index (Phi) is 4.36. The van der Waals surface area contributed by atoms with Crippen molar-refractivity contribution in [3.8, 4) is 0 Å². The molecule has 2 atom stereocenters. The quantitative estimate of drug-likeness (QED) is 0.549. The molecule has 0 radical (unpaired) electrons. The van der Waals surface area contributed by atoms with E-state index in [9.17, 15) is 13.2 Å². The molecule has 2 aliphatic heterocycles. The first-order valence-corrected chi connectivity index (χ1v) is 9.68. The number of fused-ring (bicyclic) bond motifs is 1. The van der Waals surface area contributed by atoms with Gasteiger partial charge in [0.25, 0.3) is 0 Å². The highest BCUT2D eigenvalue weighted by molar-refractivity contribution is 5.48. The van der Waals surface area contributed by atoms with Gasteiger partial charge in [0.15, 0.2) is 23.7 Å². The van der Waals surface area contributed by atoms with Crippen molar-refractivity contribution in [3.63, 3.8) is 0 Å². The van der Waals surface area contributed by atoms with Gasteiger partial charge in [-0.3, -0.25) is 0 Å². The normalized spacial score (nSPS) is 24.0. The van der Waals surface area contributed by atoms with E-state index in [0.29, 0.717) is 18.8 Å². The van der Waals surface area contributed by atoms with Crippen LogP contribution < -0.4 is 4.57 Å². The third-order valence-corrected chi connectivity index (χ3v) is 6.20. The number of alkyl halides is 3. The first-order chi connectivity index (χ1) is 13.2. The second kappa shape index (κ2) is 6.29. The molecule has 0 spiro atoms. The van der Waals surface area contributed by atoms with Gasteiger partial charge in [-0.1, -0.05) is 12.1 Å². The van der Waals surface area contributed by atoms with Crippen molar-refractivity contribution >= 4 is 0 Å². The maximum atomic E-state index is 13.5. The molecule has 2 aromatic rings. The molecule has 0 saturated heterocycles. The van der Waals surface area contributed by atoms with E-state index in [2.05, 4.69) is 18.4 Å². The monoisotopic (exact) mass is 392 g/mol. The number of pyridine rings is 1. The van der Waals surface area contributed by atoms with Crippen LogP contribution in [-0.4, -0.2) is 19.0 Å². The Morgan fingerprint density at radius 3 is 2.29 bits per heavy atom. The van der Waals surface area contributed by atoms with E-state index < -0.39 is 28.9 Å². The van der Waals surface area contributed by atoms with Crippen LogP contribution in [0, 0.1) is 5.41 Å². The van der Waals surface area contributed by atoms with Crippen molar-refractivity contribution in [2.75, 3.05) is 13.2 Å². The van der Waals surface area contributed by atoms with Gasteiger partial charge in [0.1, 0.15) is 5.92 Å². The van der Waals surface area contributed by atoms with Crippen LogP contribution in [0.15, 0.2) is 42.6 Å². The molecule has 3 nitrogen and oxygen atoms in total. The number of hydrogen-bond donors (Lipinski definition) is 0. The predicted octanol–water partition coefficient (Wildman–Crippen LogP) is 4.84. The van der Waals surface area contributed by atoms with Crippen molar-refractivity contribution in [1.29, 1.82) is 0 Å². The first kappa shape index (κ1) is 19.4. The number of ether oxygens (including phenoxy) is 2. The van der Waals surface area contributed by atoms with E-state index in [1.165, 1.54) is 12.1 Å². The highest BCUT2D eigenvalue weighted by atomic mass is 19.4. The minimum atomic E-state index is -4.40. The zero-order chi connectivity index (χ0) is 20.3. The van der Waals surface area contributed by atoms with E-state index in [1.807, 2.05) is 38.2 Å². The fourth-order valence-corrected chi connectivity index (χ4v) is 5.22. The number of halogens is 3. The highest BCUT2D eigenvalue weighted by Gasteiger charge is 2.70. The Labute approximate surface area is 163 Å². The lowest BCUT2D eigenvalue weighted by Crippen LogP contribution is -2.71. The number of benzene rings is 1. The van der Waals surface area contributed by atoms with Gasteiger partial charge >= 0.3 is 6.18 Å². The SMILES string of the molecule is CCOC1(OCC)C2c3cc(C(F)(F)F)ccc3C([n+]3ccccc32)C1(C)C. The molecule has 3 heterocycles. The standard InChI is InChI=1S/C22H25F3NO2/c1-5-27-21(28-6-2)18-16-13-14(22(23,24)25)10-11-15(16)19(20(21,3)4)26-12-8-7-9-17(18)26/h7-13,18-19H,5-6H2,1-4H3/q+1. The Balaban J connectivity index is 2.05. The van der Waals surface area contributed by atoms with E-state index in [0.717, 1.165) is 11.3 Å². The van der Waals surface area contributed by atoms with Crippen molar-refractivity contribution in [2.24, 2.45) is 5.41 Å². The molecule has 0 amide bonds. The summed E-state index contributed by atoms with van der Waals surface area (Å²) < 4.78 is 55.1. The number of hydrogen-bond acceptors (Lipinski definition) is 2. The zero-order valence-electron chi connectivity index (χ0n) is 16.5. The van der Waals surface area contributed by atoms with Crippen LogP contribution in [0.25, 0.3) is 0 Å². The molecule has 6 heteroatoms. The zero-order valence-corrected chi connectivity index (χ0v) is 16.5. The maximum Gasteiger partial charge on any atom is 0.416 e. The summed E-state index contributed by atoms with van der Waals surface area (Å²) in [6.45, 7) is 8.77. The molecule has 2 unspecified atom stereocenters. The van der Waals surface area contributed by atoms with Crippen LogP contribution >= 0.6 is 0 Å². The van der Waals surface area contributed by atoms with Crippen LogP contribution in [0.2, 0.25) is 0 Å². The highest BCUT2D eigenvalue weighted by Crippen LogP contribution is 2.62. The predicted molar refractivity (Wildman–Crippen MR) is 97.8 cm³/mol. The molecule has 150 valence electrons. The Bertz CT molecular complexity index is 901. The van der Waals surface area contributed by atoms with Crippen LogP contribution in [0.4, 0.5) is 13.2 Å². The third kappa shape index (κ3) is 2.40. The summed E-state index contributed by atoms with van der Waals surface area (Å²) in [5.74, 6) is -1.49. The minimum absolute atomic E-state index is 0.191. The van der Waals surface area contributed by atoms with Crippen molar-refractivity contribution in [3.05, 3.63) is 65.0 Å².